The SMILES string of the molecule is CCNC(=NCC1(N2CCOCC2)CCSC1)NCCCOCC1CC1.I. The summed E-state index contributed by atoms with van der Waals surface area (Å²) in [6, 6.07) is 0. The van der Waals surface area contributed by atoms with E-state index in [4.69, 9.17) is 14.5 Å². The van der Waals surface area contributed by atoms with Crippen LogP contribution in [0, 0.1) is 5.92 Å². The highest BCUT2D eigenvalue weighted by Gasteiger charge is 2.40. The Morgan fingerprint density at radius 1 is 1.30 bits per heavy atom. The summed E-state index contributed by atoms with van der Waals surface area (Å²) in [6.45, 7) is 10.4. The van der Waals surface area contributed by atoms with Crippen LogP contribution in [0.25, 0.3) is 0 Å². The van der Waals surface area contributed by atoms with Gasteiger partial charge in [-0.2, -0.15) is 11.8 Å². The molecule has 3 rings (SSSR count). The van der Waals surface area contributed by atoms with E-state index in [1.807, 2.05) is 0 Å². The molecule has 27 heavy (non-hydrogen) atoms. The highest BCUT2D eigenvalue weighted by Crippen LogP contribution is 2.34. The maximum Gasteiger partial charge on any atom is 0.191 e. The molecule has 0 bridgehead atoms. The van der Waals surface area contributed by atoms with Gasteiger partial charge in [-0.25, -0.2) is 0 Å². The molecule has 3 fully saturated rings. The summed E-state index contributed by atoms with van der Waals surface area (Å²) in [4.78, 5) is 7.58. The lowest BCUT2D eigenvalue weighted by atomic mass is 9.96. The molecule has 0 spiro atoms. The summed E-state index contributed by atoms with van der Waals surface area (Å²) in [5.41, 5.74) is 0.212. The van der Waals surface area contributed by atoms with Gasteiger partial charge >= 0.3 is 0 Å². The predicted octanol–water partition coefficient (Wildman–Crippen LogP) is 2.18. The van der Waals surface area contributed by atoms with Crippen molar-refractivity contribution in [1.29, 1.82) is 0 Å². The number of rotatable bonds is 10. The first kappa shape index (κ1) is 23.5. The van der Waals surface area contributed by atoms with Gasteiger partial charge in [0.1, 0.15) is 0 Å². The lowest BCUT2D eigenvalue weighted by Crippen LogP contribution is -2.56. The van der Waals surface area contributed by atoms with E-state index >= 15 is 0 Å². The van der Waals surface area contributed by atoms with E-state index < -0.39 is 0 Å². The standard InChI is InChI=1S/C19H36N4O2S.HI/c1-2-20-18(21-7-3-10-25-14-17-4-5-17)22-15-19(6-13-26-16-19)23-8-11-24-12-9-23;/h17H,2-16H2,1H3,(H2,20,21,22);1H. The van der Waals surface area contributed by atoms with Crippen LogP contribution in [-0.2, 0) is 9.47 Å². The Kier molecular flexibility index (Phi) is 11.1. The lowest BCUT2D eigenvalue weighted by Gasteiger charge is -2.42. The molecule has 0 aromatic carbocycles. The monoisotopic (exact) mass is 512 g/mol. The van der Waals surface area contributed by atoms with Gasteiger partial charge in [0.2, 0.25) is 0 Å². The molecule has 6 nitrogen and oxygen atoms in total. The van der Waals surface area contributed by atoms with Crippen LogP contribution in [0.3, 0.4) is 0 Å². The number of halogens is 1. The zero-order chi connectivity index (χ0) is 18.1. The molecule has 2 heterocycles. The number of ether oxygens (including phenoxy) is 2. The molecule has 0 amide bonds. The number of hydrogen-bond acceptors (Lipinski definition) is 5. The summed E-state index contributed by atoms with van der Waals surface area (Å²) >= 11 is 2.06. The van der Waals surface area contributed by atoms with Crippen molar-refractivity contribution in [2.45, 2.75) is 38.1 Å². The van der Waals surface area contributed by atoms with Crippen LogP contribution in [0.5, 0.6) is 0 Å². The Morgan fingerprint density at radius 3 is 2.78 bits per heavy atom. The second-order valence-corrected chi connectivity index (χ2v) is 8.73. The minimum Gasteiger partial charge on any atom is -0.381 e. The molecular weight excluding hydrogens is 475 g/mol. The number of aliphatic imine (C=N–C) groups is 1. The molecule has 2 saturated heterocycles. The molecule has 3 aliphatic rings. The second-order valence-electron chi connectivity index (χ2n) is 7.62. The van der Waals surface area contributed by atoms with Crippen molar-refractivity contribution in [3.63, 3.8) is 0 Å². The number of thioether (sulfide) groups is 1. The van der Waals surface area contributed by atoms with Crippen LogP contribution in [0.15, 0.2) is 4.99 Å². The number of nitrogens with zero attached hydrogens (tertiary/aromatic N) is 2. The first-order valence-corrected chi connectivity index (χ1v) is 11.5. The molecule has 0 radical (unpaired) electrons. The summed E-state index contributed by atoms with van der Waals surface area (Å²) in [6.07, 6.45) is 4.98. The van der Waals surface area contributed by atoms with E-state index in [9.17, 15) is 0 Å². The Labute approximate surface area is 186 Å². The third kappa shape index (κ3) is 7.87. The molecule has 8 heteroatoms. The minimum atomic E-state index is 0. The number of morpholine rings is 1. The first-order chi connectivity index (χ1) is 12.8. The van der Waals surface area contributed by atoms with Gasteiger partial charge in [0.15, 0.2) is 5.96 Å². The van der Waals surface area contributed by atoms with Gasteiger partial charge in [0.05, 0.1) is 25.3 Å². The Hall–Kier alpha value is 0.230. The topological polar surface area (TPSA) is 58.1 Å². The van der Waals surface area contributed by atoms with Gasteiger partial charge in [0, 0.05) is 45.1 Å². The summed E-state index contributed by atoms with van der Waals surface area (Å²) in [5, 5.41) is 6.87. The molecule has 158 valence electrons. The Balaban J connectivity index is 0.00000261. The smallest absolute Gasteiger partial charge is 0.191 e. The van der Waals surface area contributed by atoms with E-state index in [-0.39, 0.29) is 29.5 Å². The lowest BCUT2D eigenvalue weighted by molar-refractivity contribution is -0.0104. The molecule has 1 atom stereocenters. The van der Waals surface area contributed by atoms with Crippen LogP contribution >= 0.6 is 35.7 Å². The highest BCUT2D eigenvalue weighted by atomic mass is 127. The molecule has 1 aliphatic carbocycles. The van der Waals surface area contributed by atoms with Crippen LogP contribution in [0.1, 0.15) is 32.6 Å². The third-order valence-corrected chi connectivity index (χ3v) is 6.68. The quantitative estimate of drug-likeness (QED) is 0.203. The average molecular weight is 513 g/mol. The number of hydrogen-bond donors (Lipinski definition) is 2. The molecule has 2 aliphatic heterocycles. The zero-order valence-electron chi connectivity index (χ0n) is 16.7. The van der Waals surface area contributed by atoms with E-state index in [0.29, 0.717) is 0 Å². The van der Waals surface area contributed by atoms with E-state index in [1.165, 1.54) is 30.8 Å². The van der Waals surface area contributed by atoms with Crippen LogP contribution in [-0.4, -0.2) is 87.1 Å². The van der Waals surface area contributed by atoms with Crippen molar-refractivity contribution < 1.29 is 9.47 Å². The summed E-state index contributed by atoms with van der Waals surface area (Å²) < 4.78 is 11.3. The van der Waals surface area contributed by atoms with E-state index in [1.54, 1.807) is 0 Å². The predicted molar refractivity (Wildman–Crippen MR) is 125 cm³/mol. The van der Waals surface area contributed by atoms with Crippen molar-refractivity contribution in [1.82, 2.24) is 15.5 Å². The van der Waals surface area contributed by atoms with Crippen molar-refractivity contribution >= 4 is 41.7 Å². The van der Waals surface area contributed by atoms with Gasteiger partial charge in [0.25, 0.3) is 0 Å². The molecule has 0 aromatic heterocycles. The van der Waals surface area contributed by atoms with Crippen molar-refractivity contribution in [3.8, 4) is 0 Å². The number of nitrogens with one attached hydrogen (secondary N) is 2. The molecule has 1 saturated carbocycles. The first-order valence-electron chi connectivity index (χ1n) is 10.3. The second kappa shape index (κ2) is 12.7. The maximum atomic E-state index is 5.71. The highest BCUT2D eigenvalue weighted by molar-refractivity contribution is 14.0. The van der Waals surface area contributed by atoms with Gasteiger partial charge in [-0.05, 0) is 44.3 Å². The molecule has 2 N–H and O–H groups in total. The van der Waals surface area contributed by atoms with Gasteiger partial charge in [-0.3, -0.25) is 9.89 Å². The van der Waals surface area contributed by atoms with E-state index in [0.717, 1.165) is 77.4 Å². The normalized spacial score (nSPS) is 26.6. The minimum absolute atomic E-state index is 0. The molecule has 1 unspecified atom stereocenters. The molecular formula is C19H37IN4O2S. The average Bonchev–Trinajstić information content (AvgIpc) is 3.38. The van der Waals surface area contributed by atoms with Gasteiger partial charge in [-0.1, -0.05) is 0 Å². The van der Waals surface area contributed by atoms with Crippen LogP contribution in [0.4, 0.5) is 0 Å². The van der Waals surface area contributed by atoms with Gasteiger partial charge in [-0.15, -0.1) is 24.0 Å². The Morgan fingerprint density at radius 2 is 2.11 bits per heavy atom. The molecule has 0 aromatic rings. The third-order valence-electron chi connectivity index (χ3n) is 5.45. The maximum absolute atomic E-state index is 5.71. The fourth-order valence-corrected chi connectivity index (χ4v) is 5.06. The largest absolute Gasteiger partial charge is 0.381 e. The van der Waals surface area contributed by atoms with Crippen LogP contribution in [0.2, 0.25) is 0 Å². The van der Waals surface area contributed by atoms with Crippen molar-refractivity contribution in [2.24, 2.45) is 10.9 Å². The van der Waals surface area contributed by atoms with Crippen LogP contribution < -0.4 is 10.6 Å². The number of guanidine groups is 1. The zero-order valence-corrected chi connectivity index (χ0v) is 19.9. The van der Waals surface area contributed by atoms with Crippen molar-refractivity contribution in [3.05, 3.63) is 0 Å². The summed E-state index contributed by atoms with van der Waals surface area (Å²) in [5.74, 6) is 4.22. The Bertz CT molecular complexity index is 439. The van der Waals surface area contributed by atoms with Crippen molar-refractivity contribution in [2.75, 3.05) is 70.7 Å². The fraction of sp³-hybridized carbons (Fsp3) is 0.947. The fourth-order valence-electron chi connectivity index (χ4n) is 3.59. The van der Waals surface area contributed by atoms with E-state index in [2.05, 4.69) is 34.2 Å². The van der Waals surface area contributed by atoms with Gasteiger partial charge < -0.3 is 20.1 Å². The summed E-state index contributed by atoms with van der Waals surface area (Å²) in [7, 11) is 0.